The van der Waals surface area contributed by atoms with Crippen LogP contribution in [0.25, 0.3) is 22.4 Å². The molecule has 0 radical (unpaired) electrons. The van der Waals surface area contributed by atoms with Gasteiger partial charge in [0.2, 0.25) is 0 Å². The molecule has 7 nitrogen and oxygen atoms in total. The molecule has 1 aliphatic heterocycles. The number of carbonyl (C=O) groups excluding carboxylic acids is 1. The Labute approximate surface area is 181 Å². The first-order chi connectivity index (χ1) is 14.4. The second-order valence-corrected chi connectivity index (χ2v) is 10.4. The van der Waals surface area contributed by atoms with E-state index in [0.29, 0.717) is 17.2 Å². The molecule has 0 N–H and O–H groups in total. The van der Waals surface area contributed by atoms with Crippen molar-refractivity contribution in [1.29, 1.82) is 0 Å². The van der Waals surface area contributed by atoms with E-state index in [1.807, 2.05) is 41.9 Å². The Morgan fingerprint density at radius 2 is 1.93 bits per heavy atom. The maximum Gasteiger partial charge on any atom is 0.198 e. The number of para-hydroxylation sites is 2. The third-order valence-corrected chi connectivity index (χ3v) is 6.91. The smallest absolute Gasteiger partial charge is 0.198 e. The second kappa shape index (κ2) is 8.37. The van der Waals surface area contributed by atoms with Crippen LogP contribution in [0.3, 0.4) is 0 Å². The number of carbonyl (C=O) groups is 1. The van der Waals surface area contributed by atoms with Gasteiger partial charge in [-0.05, 0) is 23.6 Å². The molecule has 1 aromatic carbocycles. The zero-order valence-electron chi connectivity index (χ0n) is 17.0. The molecule has 1 unspecified atom stereocenters. The van der Waals surface area contributed by atoms with Crippen LogP contribution >= 0.6 is 11.6 Å². The largest absolute Gasteiger partial charge is 0.354 e. The highest BCUT2D eigenvalue weighted by Crippen LogP contribution is 2.31. The van der Waals surface area contributed by atoms with Crippen LogP contribution in [0.15, 0.2) is 36.5 Å². The van der Waals surface area contributed by atoms with Crippen LogP contribution in [-0.2, 0) is 21.4 Å². The molecule has 0 saturated carbocycles. The normalized spacial score (nSPS) is 17.1. The number of pyridine rings is 1. The number of fused-ring (bicyclic) bond motifs is 1. The first-order valence-electron chi connectivity index (χ1n) is 9.70. The van der Waals surface area contributed by atoms with Crippen molar-refractivity contribution in [1.82, 2.24) is 19.4 Å². The minimum atomic E-state index is -2.49. The first-order valence-corrected chi connectivity index (χ1v) is 12.2. The van der Waals surface area contributed by atoms with Gasteiger partial charge in [-0.2, -0.15) is 0 Å². The SMILES string of the molecule is Cn1c(-c2cc(N3CCN(CC=S(C)(=O)C=O)CC3)ncc2Cl)nc2ccccc21. The van der Waals surface area contributed by atoms with Crippen LogP contribution in [0.2, 0.25) is 5.02 Å². The minimum absolute atomic E-state index is 0.531. The van der Waals surface area contributed by atoms with Crippen molar-refractivity contribution in [3.05, 3.63) is 41.6 Å². The summed E-state index contributed by atoms with van der Waals surface area (Å²) < 4.78 is 13.9. The lowest BCUT2D eigenvalue weighted by Gasteiger charge is -2.35. The lowest BCUT2D eigenvalue weighted by molar-refractivity contribution is 0.294. The highest BCUT2D eigenvalue weighted by molar-refractivity contribution is 8.12. The van der Waals surface area contributed by atoms with Crippen molar-refractivity contribution in [2.45, 2.75) is 0 Å². The number of piperazine rings is 1. The summed E-state index contributed by atoms with van der Waals surface area (Å²) in [4.78, 5) is 24.5. The molecule has 0 aliphatic carbocycles. The first kappa shape index (κ1) is 20.8. The maximum atomic E-state index is 11.9. The Hall–Kier alpha value is -2.42. The van der Waals surface area contributed by atoms with Crippen molar-refractivity contribution in [3.63, 3.8) is 0 Å². The molecule has 4 rings (SSSR count). The zero-order valence-corrected chi connectivity index (χ0v) is 18.6. The molecule has 1 aliphatic rings. The molecule has 1 saturated heterocycles. The summed E-state index contributed by atoms with van der Waals surface area (Å²) in [6, 6.07) is 10.00. The van der Waals surface area contributed by atoms with E-state index in [9.17, 15) is 9.00 Å². The number of anilines is 1. The topological polar surface area (TPSA) is 71.3 Å². The monoisotopic (exact) mass is 445 g/mol. The number of imidazole rings is 1. The van der Waals surface area contributed by atoms with Crippen molar-refractivity contribution >= 4 is 49.0 Å². The lowest BCUT2D eigenvalue weighted by Crippen LogP contribution is -2.47. The Bertz CT molecular complexity index is 1210. The molecular formula is C21H24ClN5O2S. The third kappa shape index (κ3) is 4.21. The van der Waals surface area contributed by atoms with Crippen LogP contribution in [0.5, 0.6) is 0 Å². The molecule has 0 spiro atoms. The van der Waals surface area contributed by atoms with E-state index in [-0.39, 0.29) is 0 Å². The molecule has 158 valence electrons. The number of aromatic nitrogens is 3. The van der Waals surface area contributed by atoms with Gasteiger partial charge in [0, 0.05) is 67.3 Å². The highest BCUT2D eigenvalue weighted by atomic mass is 35.5. The number of rotatable bonds is 5. The van der Waals surface area contributed by atoms with E-state index in [1.165, 1.54) is 6.26 Å². The molecule has 9 heteroatoms. The van der Waals surface area contributed by atoms with Gasteiger partial charge in [-0.1, -0.05) is 23.7 Å². The molecule has 2 aromatic heterocycles. The lowest BCUT2D eigenvalue weighted by atomic mass is 10.2. The van der Waals surface area contributed by atoms with Gasteiger partial charge in [0.25, 0.3) is 0 Å². The van der Waals surface area contributed by atoms with Crippen LogP contribution < -0.4 is 4.90 Å². The summed E-state index contributed by atoms with van der Waals surface area (Å²) in [5.41, 5.74) is 3.36. The van der Waals surface area contributed by atoms with Crippen molar-refractivity contribution < 1.29 is 9.00 Å². The highest BCUT2D eigenvalue weighted by Gasteiger charge is 2.20. The number of hydrogen-bond donors (Lipinski definition) is 0. The van der Waals surface area contributed by atoms with E-state index >= 15 is 0 Å². The van der Waals surface area contributed by atoms with E-state index in [2.05, 4.69) is 14.8 Å². The molecule has 1 atom stereocenters. The van der Waals surface area contributed by atoms with Gasteiger partial charge >= 0.3 is 0 Å². The fraction of sp³-hybridized carbons (Fsp3) is 0.333. The van der Waals surface area contributed by atoms with E-state index in [0.717, 1.165) is 54.4 Å². The summed E-state index contributed by atoms with van der Waals surface area (Å²) in [5.74, 6) is 1.67. The number of halogens is 1. The average Bonchev–Trinajstić information content (AvgIpc) is 3.10. The van der Waals surface area contributed by atoms with Crippen LogP contribution in [0.1, 0.15) is 0 Å². The summed E-state index contributed by atoms with van der Waals surface area (Å²) in [5, 5.41) is 2.18. The minimum Gasteiger partial charge on any atom is -0.354 e. The second-order valence-electron chi connectivity index (χ2n) is 7.52. The van der Waals surface area contributed by atoms with Gasteiger partial charge in [0.15, 0.2) is 5.62 Å². The molecule has 0 bridgehead atoms. The summed E-state index contributed by atoms with van der Waals surface area (Å²) in [6.45, 7) is 3.72. The van der Waals surface area contributed by atoms with Crippen molar-refractivity contribution in [3.8, 4) is 11.4 Å². The molecule has 30 heavy (non-hydrogen) atoms. The number of aryl methyl sites for hydroxylation is 1. The van der Waals surface area contributed by atoms with Crippen LogP contribution in [-0.4, -0.2) is 73.6 Å². The fourth-order valence-electron chi connectivity index (χ4n) is 3.61. The summed E-state index contributed by atoms with van der Waals surface area (Å²) >= 11 is 6.49. The van der Waals surface area contributed by atoms with E-state index in [4.69, 9.17) is 16.6 Å². The fourth-order valence-corrected chi connectivity index (χ4v) is 4.38. The zero-order chi connectivity index (χ0) is 21.3. The molecule has 0 amide bonds. The van der Waals surface area contributed by atoms with Gasteiger partial charge in [-0.15, -0.1) is 0 Å². The standard InChI is InChI=1S/C21H24ClN5O2S/c1-25-19-6-4-3-5-18(19)24-21(25)16-13-20(23-14-17(16)22)27-9-7-26(8-10-27)11-12-30(2,29)15-28/h3-6,12-15H,7-11H2,1-2H3. The molecule has 3 heterocycles. The predicted molar refractivity (Wildman–Crippen MR) is 124 cm³/mol. The molecule has 1 fully saturated rings. The number of nitrogens with zero attached hydrogens (tertiary/aromatic N) is 5. The summed E-state index contributed by atoms with van der Waals surface area (Å²) in [6.07, 6.45) is 3.15. The van der Waals surface area contributed by atoms with Crippen molar-refractivity contribution in [2.75, 3.05) is 43.9 Å². The number of hydrogen-bond acceptors (Lipinski definition) is 6. The van der Waals surface area contributed by atoms with Crippen molar-refractivity contribution in [2.24, 2.45) is 7.05 Å². The van der Waals surface area contributed by atoms with Gasteiger partial charge in [0.05, 0.1) is 16.1 Å². The Balaban J connectivity index is 1.54. The predicted octanol–water partition coefficient (Wildman–Crippen LogP) is 2.32. The molecular weight excluding hydrogens is 422 g/mol. The Morgan fingerprint density at radius 3 is 2.63 bits per heavy atom. The molecule has 3 aromatic rings. The van der Waals surface area contributed by atoms with Gasteiger partial charge in [0.1, 0.15) is 11.6 Å². The number of benzene rings is 1. The Morgan fingerprint density at radius 1 is 1.20 bits per heavy atom. The van der Waals surface area contributed by atoms with Crippen LogP contribution in [0.4, 0.5) is 5.82 Å². The Kier molecular flexibility index (Phi) is 5.81. The maximum absolute atomic E-state index is 11.9. The van der Waals surface area contributed by atoms with Gasteiger partial charge in [-0.25, -0.2) is 9.97 Å². The average molecular weight is 446 g/mol. The van der Waals surface area contributed by atoms with E-state index in [1.54, 1.807) is 11.6 Å². The summed E-state index contributed by atoms with van der Waals surface area (Å²) in [7, 11) is -0.500. The third-order valence-electron chi connectivity index (χ3n) is 5.42. The van der Waals surface area contributed by atoms with Gasteiger partial charge in [-0.3, -0.25) is 13.9 Å². The van der Waals surface area contributed by atoms with Crippen LogP contribution in [0, 0.1) is 0 Å². The van der Waals surface area contributed by atoms with Gasteiger partial charge < -0.3 is 9.47 Å². The van der Waals surface area contributed by atoms with E-state index < -0.39 is 9.52 Å². The quantitative estimate of drug-likeness (QED) is 0.443.